The highest BCUT2D eigenvalue weighted by Crippen LogP contribution is 2.35. The predicted octanol–water partition coefficient (Wildman–Crippen LogP) is 2.57. The summed E-state index contributed by atoms with van der Waals surface area (Å²) in [5.74, 6) is 1.38. The van der Waals surface area contributed by atoms with Gasteiger partial charge in [-0.1, -0.05) is 0 Å². The molecule has 1 N–H and O–H groups in total. The van der Waals surface area contributed by atoms with Crippen molar-refractivity contribution in [3.63, 3.8) is 0 Å². The number of methoxy groups -OCH3 is 3. The van der Waals surface area contributed by atoms with Crippen LogP contribution in [0.5, 0.6) is 11.5 Å². The molecule has 0 saturated carbocycles. The van der Waals surface area contributed by atoms with Gasteiger partial charge in [0.15, 0.2) is 11.5 Å². The maximum Gasteiger partial charge on any atom is 0.254 e. The number of hydrogen-bond acceptors (Lipinski definition) is 6. The Morgan fingerprint density at radius 1 is 1.19 bits per heavy atom. The molecule has 148 valence electrons. The molecule has 1 aliphatic heterocycles. The Kier molecular flexibility index (Phi) is 9.03. The second-order valence-corrected chi connectivity index (χ2v) is 6.98. The number of halogens is 1. The van der Waals surface area contributed by atoms with Crippen LogP contribution in [-0.2, 0) is 16.1 Å². The highest BCUT2D eigenvalue weighted by Gasteiger charge is 2.41. The minimum Gasteiger partial charge on any atom is -0.493 e. The quantitative estimate of drug-likeness (QED) is 0.705. The molecule has 1 amide bonds. The number of ether oxygens (including phenoxy) is 3. The zero-order valence-electron chi connectivity index (χ0n) is 16.1. The normalized spacial score (nSPS) is 15.7. The van der Waals surface area contributed by atoms with E-state index in [1.165, 1.54) is 0 Å². The van der Waals surface area contributed by atoms with Crippen LogP contribution in [0.4, 0.5) is 0 Å². The van der Waals surface area contributed by atoms with E-state index in [1.807, 2.05) is 25.4 Å². The molecule has 0 atom stereocenters. The van der Waals surface area contributed by atoms with Gasteiger partial charge in [0, 0.05) is 25.6 Å². The summed E-state index contributed by atoms with van der Waals surface area (Å²) in [6, 6.07) is 3.89. The van der Waals surface area contributed by atoms with Crippen molar-refractivity contribution in [3.8, 4) is 11.5 Å². The van der Waals surface area contributed by atoms with Crippen LogP contribution in [0.2, 0.25) is 0 Å². The number of amides is 1. The van der Waals surface area contributed by atoms with Crippen LogP contribution in [0.1, 0.15) is 18.4 Å². The number of rotatable bonds is 7. The standard InChI is InChI=1S/C18H28N2O4S.ClH/c1-20(17(21)18(24-4)6-8-19-9-7-18)12-13-10-14(22-2)15(23-3)11-16(13)25-5;/h10-11,19H,6-9,12H2,1-5H3;1H. The summed E-state index contributed by atoms with van der Waals surface area (Å²) in [7, 11) is 6.69. The number of piperidine rings is 1. The molecule has 1 aromatic rings. The van der Waals surface area contributed by atoms with E-state index in [4.69, 9.17) is 14.2 Å². The first-order chi connectivity index (χ1) is 12.0. The van der Waals surface area contributed by atoms with Gasteiger partial charge in [0.25, 0.3) is 5.91 Å². The van der Waals surface area contributed by atoms with Gasteiger partial charge >= 0.3 is 0 Å². The maximum absolute atomic E-state index is 13.0. The first kappa shape index (κ1) is 22.9. The Balaban J connectivity index is 0.00000338. The van der Waals surface area contributed by atoms with E-state index in [1.54, 1.807) is 38.0 Å². The number of carbonyl (C=O) groups excluding carboxylic acids is 1. The third kappa shape index (κ3) is 4.76. The smallest absolute Gasteiger partial charge is 0.254 e. The highest BCUT2D eigenvalue weighted by atomic mass is 35.5. The first-order valence-corrected chi connectivity index (χ1v) is 9.54. The van der Waals surface area contributed by atoms with E-state index >= 15 is 0 Å². The van der Waals surface area contributed by atoms with Gasteiger partial charge < -0.3 is 24.4 Å². The lowest BCUT2D eigenvalue weighted by Crippen LogP contribution is -2.54. The van der Waals surface area contributed by atoms with E-state index in [0.29, 0.717) is 30.9 Å². The summed E-state index contributed by atoms with van der Waals surface area (Å²) in [5.41, 5.74) is 0.303. The van der Waals surface area contributed by atoms with Crippen molar-refractivity contribution >= 4 is 30.1 Å². The van der Waals surface area contributed by atoms with Gasteiger partial charge in [-0.25, -0.2) is 0 Å². The molecule has 2 rings (SSSR count). The van der Waals surface area contributed by atoms with Crippen molar-refractivity contribution in [2.45, 2.75) is 29.9 Å². The summed E-state index contributed by atoms with van der Waals surface area (Å²) in [6.07, 6.45) is 3.39. The van der Waals surface area contributed by atoms with Crippen LogP contribution < -0.4 is 14.8 Å². The Labute approximate surface area is 166 Å². The van der Waals surface area contributed by atoms with Crippen molar-refractivity contribution in [2.75, 3.05) is 47.7 Å². The molecule has 0 spiro atoms. The van der Waals surface area contributed by atoms with Gasteiger partial charge in [-0.2, -0.15) is 0 Å². The average Bonchev–Trinajstić information content (AvgIpc) is 2.67. The van der Waals surface area contributed by atoms with Crippen molar-refractivity contribution in [1.29, 1.82) is 0 Å². The van der Waals surface area contributed by atoms with Gasteiger partial charge in [0.05, 0.1) is 14.2 Å². The van der Waals surface area contributed by atoms with Gasteiger partial charge in [-0.3, -0.25) is 4.79 Å². The molecule has 8 heteroatoms. The first-order valence-electron chi connectivity index (χ1n) is 8.31. The lowest BCUT2D eigenvalue weighted by Gasteiger charge is -2.37. The fraction of sp³-hybridized carbons (Fsp3) is 0.611. The summed E-state index contributed by atoms with van der Waals surface area (Å²) in [6.45, 7) is 2.08. The highest BCUT2D eigenvalue weighted by molar-refractivity contribution is 7.98. The van der Waals surface area contributed by atoms with E-state index in [9.17, 15) is 4.79 Å². The molecule has 0 bridgehead atoms. The third-order valence-electron chi connectivity index (χ3n) is 4.73. The molecule has 1 heterocycles. The number of thioether (sulfide) groups is 1. The summed E-state index contributed by atoms with van der Waals surface area (Å²) >= 11 is 1.62. The van der Waals surface area contributed by atoms with Crippen LogP contribution in [0.15, 0.2) is 17.0 Å². The molecule has 6 nitrogen and oxygen atoms in total. The van der Waals surface area contributed by atoms with E-state index in [0.717, 1.165) is 23.5 Å². The lowest BCUT2D eigenvalue weighted by atomic mass is 9.90. The zero-order valence-corrected chi connectivity index (χ0v) is 17.7. The van der Waals surface area contributed by atoms with Gasteiger partial charge in [-0.05, 0) is 49.9 Å². The molecule has 26 heavy (non-hydrogen) atoms. The Bertz CT molecular complexity index is 609. The number of likely N-dealkylation sites (N-methyl/N-ethyl adjacent to an activating group) is 1. The fourth-order valence-corrected chi connectivity index (χ4v) is 3.84. The molecule has 0 aromatic heterocycles. The van der Waals surface area contributed by atoms with Crippen LogP contribution >= 0.6 is 24.2 Å². The predicted molar refractivity (Wildman–Crippen MR) is 107 cm³/mol. The maximum atomic E-state index is 13.0. The SMILES string of the molecule is COc1cc(CN(C)C(=O)C2(OC)CCNCC2)c(SC)cc1OC.Cl. The number of hydrogen-bond donors (Lipinski definition) is 1. The summed E-state index contributed by atoms with van der Waals surface area (Å²) in [4.78, 5) is 15.9. The molecule has 1 aromatic carbocycles. The molecule has 1 saturated heterocycles. The second-order valence-electron chi connectivity index (χ2n) is 6.13. The molecule has 0 radical (unpaired) electrons. The van der Waals surface area contributed by atoms with Crippen molar-refractivity contribution in [1.82, 2.24) is 10.2 Å². The Morgan fingerprint density at radius 3 is 2.27 bits per heavy atom. The van der Waals surface area contributed by atoms with Gasteiger partial charge in [-0.15, -0.1) is 24.2 Å². The fourth-order valence-electron chi connectivity index (χ4n) is 3.23. The minimum atomic E-state index is -0.726. The van der Waals surface area contributed by atoms with E-state index in [2.05, 4.69) is 5.32 Å². The topological polar surface area (TPSA) is 60.0 Å². The largest absolute Gasteiger partial charge is 0.493 e. The van der Waals surface area contributed by atoms with Crippen molar-refractivity contribution in [3.05, 3.63) is 17.7 Å². The monoisotopic (exact) mass is 404 g/mol. The zero-order chi connectivity index (χ0) is 18.4. The molecular formula is C18H29ClN2O4S. The number of nitrogens with zero attached hydrogens (tertiary/aromatic N) is 1. The third-order valence-corrected chi connectivity index (χ3v) is 5.55. The number of carbonyl (C=O) groups is 1. The minimum absolute atomic E-state index is 0. The molecule has 0 aliphatic carbocycles. The summed E-state index contributed by atoms with van der Waals surface area (Å²) in [5, 5.41) is 3.28. The van der Waals surface area contributed by atoms with Gasteiger partial charge in [0.2, 0.25) is 0 Å². The van der Waals surface area contributed by atoms with Crippen molar-refractivity contribution < 1.29 is 19.0 Å². The van der Waals surface area contributed by atoms with Crippen LogP contribution in [-0.4, -0.2) is 64.1 Å². The van der Waals surface area contributed by atoms with E-state index < -0.39 is 5.60 Å². The van der Waals surface area contributed by atoms with E-state index in [-0.39, 0.29) is 18.3 Å². The summed E-state index contributed by atoms with van der Waals surface area (Å²) < 4.78 is 16.4. The Hall–Kier alpha value is -1.15. The molecule has 0 unspecified atom stereocenters. The van der Waals surface area contributed by atoms with Gasteiger partial charge in [0.1, 0.15) is 5.60 Å². The number of benzene rings is 1. The molecular weight excluding hydrogens is 376 g/mol. The average molecular weight is 405 g/mol. The molecule has 1 fully saturated rings. The van der Waals surface area contributed by atoms with Crippen LogP contribution in [0.3, 0.4) is 0 Å². The number of nitrogens with one attached hydrogen (secondary N) is 1. The van der Waals surface area contributed by atoms with Crippen molar-refractivity contribution in [2.24, 2.45) is 0 Å². The lowest BCUT2D eigenvalue weighted by molar-refractivity contribution is -0.157. The van der Waals surface area contributed by atoms with Crippen LogP contribution in [0, 0.1) is 0 Å². The molecule has 1 aliphatic rings. The second kappa shape index (κ2) is 10.3. The van der Waals surface area contributed by atoms with Crippen LogP contribution in [0.25, 0.3) is 0 Å². The Morgan fingerprint density at radius 2 is 1.77 bits per heavy atom.